The largest absolute Gasteiger partial charge is 0.480 e. The lowest BCUT2D eigenvalue weighted by molar-refractivity contribution is -0.137. The van der Waals surface area contributed by atoms with Crippen molar-refractivity contribution in [2.75, 3.05) is 13.1 Å². The molecule has 0 aliphatic heterocycles. The molecule has 1 unspecified atom stereocenters. The van der Waals surface area contributed by atoms with Crippen LogP contribution in [0.3, 0.4) is 0 Å². The van der Waals surface area contributed by atoms with Crippen LogP contribution in [-0.4, -0.2) is 35.8 Å². The minimum atomic E-state index is -0.644. The molecule has 110 valence electrons. The summed E-state index contributed by atoms with van der Waals surface area (Å²) in [4.78, 5) is 25.4. The molecule has 1 amide bonds. The maximum absolute atomic E-state index is 12.1. The van der Waals surface area contributed by atoms with E-state index < -0.39 is 6.10 Å². The molecule has 0 radical (unpaired) electrons. The van der Waals surface area contributed by atoms with E-state index in [9.17, 15) is 9.59 Å². The average molecular weight is 298 g/mol. The van der Waals surface area contributed by atoms with Gasteiger partial charge in [-0.2, -0.15) is 0 Å². The number of carbonyl (C=O) groups is 2. The summed E-state index contributed by atoms with van der Waals surface area (Å²) < 4.78 is 5.64. The number of nitrogens with zero attached hydrogens (tertiary/aromatic N) is 1. The van der Waals surface area contributed by atoms with Crippen molar-refractivity contribution >= 4 is 23.3 Å². The minimum Gasteiger partial charge on any atom is -0.480 e. The van der Waals surface area contributed by atoms with Crippen LogP contribution in [-0.2, 0) is 4.79 Å². The van der Waals surface area contributed by atoms with Gasteiger partial charge in [-0.05, 0) is 45.9 Å². The van der Waals surface area contributed by atoms with Crippen LogP contribution in [0.2, 0.25) is 5.02 Å². The molecule has 0 saturated carbocycles. The Morgan fingerprint density at radius 2 is 1.90 bits per heavy atom. The van der Waals surface area contributed by atoms with Gasteiger partial charge in [0.25, 0.3) is 5.91 Å². The SMILES string of the molecule is CCN(CC)C(=O)C(C)Oc1ccc(Cl)cc1C(C)=O. The van der Waals surface area contributed by atoms with Crippen molar-refractivity contribution in [2.45, 2.75) is 33.8 Å². The van der Waals surface area contributed by atoms with Crippen LogP contribution < -0.4 is 4.74 Å². The van der Waals surface area contributed by atoms with Gasteiger partial charge in [0.15, 0.2) is 11.9 Å². The molecule has 1 aromatic rings. The van der Waals surface area contributed by atoms with E-state index in [0.717, 1.165) is 0 Å². The number of halogens is 1. The Morgan fingerprint density at radius 3 is 2.40 bits per heavy atom. The third-order valence-corrected chi connectivity index (χ3v) is 3.28. The summed E-state index contributed by atoms with van der Waals surface area (Å²) in [7, 11) is 0. The summed E-state index contributed by atoms with van der Waals surface area (Å²) in [6.07, 6.45) is -0.644. The maximum atomic E-state index is 12.1. The summed E-state index contributed by atoms with van der Waals surface area (Å²) in [5.74, 6) is 0.138. The highest BCUT2D eigenvalue weighted by Gasteiger charge is 2.21. The summed E-state index contributed by atoms with van der Waals surface area (Å²) in [6.45, 7) is 8.20. The van der Waals surface area contributed by atoms with Crippen LogP contribution in [0.5, 0.6) is 5.75 Å². The number of likely N-dealkylation sites (N-methyl/N-ethyl adjacent to an activating group) is 1. The van der Waals surface area contributed by atoms with Crippen molar-refractivity contribution < 1.29 is 14.3 Å². The molecule has 0 N–H and O–H groups in total. The first-order valence-corrected chi connectivity index (χ1v) is 7.04. The third kappa shape index (κ3) is 3.97. The van der Waals surface area contributed by atoms with Crippen LogP contribution in [0.25, 0.3) is 0 Å². The molecule has 5 heteroatoms. The molecule has 20 heavy (non-hydrogen) atoms. The highest BCUT2D eigenvalue weighted by atomic mass is 35.5. The Kier molecular flexibility index (Phi) is 6.02. The van der Waals surface area contributed by atoms with Gasteiger partial charge in [0, 0.05) is 18.1 Å². The topological polar surface area (TPSA) is 46.6 Å². The van der Waals surface area contributed by atoms with Gasteiger partial charge in [-0.25, -0.2) is 0 Å². The van der Waals surface area contributed by atoms with E-state index >= 15 is 0 Å². The molecule has 0 aliphatic rings. The second-order valence-electron chi connectivity index (χ2n) is 4.47. The zero-order valence-electron chi connectivity index (χ0n) is 12.3. The summed E-state index contributed by atoms with van der Waals surface area (Å²) in [5, 5.41) is 0.463. The zero-order valence-corrected chi connectivity index (χ0v) is 13.0. The summed E-state index contributed by atoms with van der Waals surface area (Å²) in [6, 6.07) is 4.80. The van der Waals surface area contributed by atoms with E-state index in [-0.39, 0.29) is 11.7 Å². The quantitative estimate of drug-likeness (QED) is 0.758. The fraction of sp³-hybridized carbons (Fsp3) is 0.467. The summed E-state index contributed by atoms with van der Waals surface area (Å²) in [5.41, 5.74) is 0.386. The van der Waals surface area contributed by atoms with Crippen LogP contribution in [0.15, 0.2) is 18.2 Å². The second kappa shape index (κ2) is 7.29. The highest BCUT2D eigenvalue weighted by Crippen LogP contribution is 2.24. The van der Waals surface area contributed by atoms with Crippen molar-refractivity contribution in [1.29, 1.82) is 0 Å². The van der Waals surface area contributed by atoms with Crippen molar-refractivity contribution in [1.82, 2.24) is 4.90 Å². The molecule has 0 spiro atoms. The molecule has 0 fully saturated rings. The van der Waals surface area contributed by atoms with E-state index in [1.54, 1.807) is 30.0 Å². The van der Waals surface area contributed by atoms with Gasteiger partial charge in [0.2, 0.25) is 0 Å². The predicted octanol–water partition coefficient (Wildman–Crippen LogP) is 3.18. The molecule has 0 saturated heterocycles. The number of ketones is 1. The predicted molar refractivity (Wildman–Crippen MR) is 79.5 cm³/mol. The van der Waals surface area contributed by atoms with Gasteiger partial charge in [0.05, 0.1) is 5.56 Å². The molecule has 4 nitrogen and oxygen atoms in total. The molecule has 0 heterocycles. The smallest absolute Gasteiger partial charge is 0.263 e. The number of Topliss-reactive ketones (excluding diaryl/α,β-unsaturated/α-hetero) is 1. The lowest BCUT2D eigenvalue weighted by Gasteiger charge is -2.24. The highest BCUT2D eigenvalue weighted by molar-refractivity contribution is 6.31. The number of carbonyl (C=O) groups excluding carboxylic acids is 2. The minimum absolute atomic E-state index is 0.0977. The molecule has 0 aromatic heterocycles. The van der Waals surface area contributed by atoms with Crippen LogP contribution in [0.4, 0.5) is 0 Å². The average Bonchev–Trinajstić information content (AvgIpc) is 2.41. The van der Waals surface area contributed by atoms with Gasteiger partial charge < -0.3 is 9.64 Å². The van der Waals surface area contributed by atoms with Gasteiger partial charge in [0.1, 0.15) is 5.75 Å². The Labute approximate surface area is 124 Å². The third-order valence-electron chi connectivity index (χ3n) is 3.05. The Balaban J connectivity index is 2.93. The Morgan fingerprint density at radius 1 is 1.30 bits per heavy atom. The number of hydrogen-bond acceptors (Lipinski definition) is 3. The van der Waals surface area contributed by atoms with E-state index in [2.05, 4.69) is 0 Å². The van der Waals surface area contributed by atoms with Crippen LogP contribution in [0, 0.1) is 0 Å². The number of benzene rings is 1. The first-order chi connectivity index (χ1) is 9.40. The molecule has 1 atom stereocenters. The standard InChI is InChI=1S/C15H20ClNO3/c1-5-17(6-2)15(19)11(4)20-14-8-7-12(16)9-13(14)10(3)18/h7-9,11H,5-6H2,1-4H3. The molecule has 1 rings (SSSR count). The van der Waals surface area contributed by atoms with E-state index in [1.807, 2.05) is 13.8 Å². The van der Waals surface area contributed by atoms with Gasteiger partial charge >= 0.3 is 0 Å². The first-order valence-electron chi connectivity index (χ1n) is 6.66. The fourth-order valence-electron chi connectivity index (χ4n) is 1.91. The lowest BCUT2D eigenvalue weighted by atomic mass is 10.1. The molecule has 0 aliphatic carbocycles. The van der Waals surface area contributed by atoms with Crippen molar-refractivity contribution in [3.05, 3.63) is 28.8 Å². The van der Waals surface area contributed by atoms with Crippen molar-refractivity contribution in [3.63, 3.8) is 0 Å². The number of ether oxygens (including phenoxy) is 1. The van der Waals surface area contributed by atoms with Gasteiger partial charge in [-0.3, -0.25) is 9.59 Å². The van der Waals surface area contributed by atoms with Crippen LogP contribution in [0.1, 0.15) is 38.1 Å². The molecular weight excluding hydrogens is 278 g/mol. The normalized spacial score (nSPS) is 11.8. The van der Waals surface area contributed by atoms with Gasteiger partial charge in [-0.15, -0.1) is 0 Å². The maximum Gasteiger partial charge on any atom is 0.263 e. The summed E-state index contributed by atoms with van der Waals surface area (Å²) >= 11 is 5.87. The van der Waals surface area contributed by atoms with Crippen LogP contribution >= 0.6 is 11.6 Å². The Hall–Kier alpha value is -1.55. The molecule has 1 aromatic carbocycles. The monoisotopic (exact) mass is 297 g/mol. The molecular formula is C15H20ClNO3. The van der Waals surface area contributed by atoms with Gasteiger partial charge in [-0.1, -0.05) is 11.6 Å². The van der Waals surface area contributed by atoms with E-state index in [0.29, 0.717) is 29.4 Å². The second-order valence-corrected chi connectivity index (χ2v) is 4.90. The van der Waals surface area contributed by atoms with Crippen molar-refractivity contribution in [3.8, 4) is 5.75 Å². The fourth-order valence-corrected chi connectivity index (χ4v) is 2.09. The van der Waals surface area contributed by atoms with E-state index in [4.69, 9.17) is 16.3 Å². The Bertz CT molecular complexity index is 498. The van der Waals surface area contributed by atoms with Crippen molar-refractivity contribution in [2.24, 2.45) is 0 Å². The van der Waals surface area contributed by atoms with E-state index in [1.165, 1.54) is 6.92 Å². The first kappa shape index (κ1) is 16.5. The lowest BCUT2D eigenvalue weighted by Crippen LogP contribution is -2.40. The zero-order chi connectivity index (χ0) is 15.3. The number of rotatable bonds is 6. The molecule has 0 bridgehead atoms. The number of hydrogen-bond donors (Lipinski definition) is 0. The number of amides is 1.